The molecule has 0 unspecified atom stereocenters. The van der Waals surface area contributed by atoms with Gasteiger partial charge in [0, 0.05) is 18.6 Å². The van der Waals surface area contributed by atoms with Crippen LogP contribution < -0.4 is 9.47 Å². The van der Waals surface area contributed by atoms with Crippen LogP contribution in [0.2, 0.25) is 0 Å². The fourth-order valence-electron chi connectivity index (χ4n) is 7.05. The van der Waals surface area contributed by atoms with Crippen LogP contribution in [-0.4, -0.2) is 123 Å². The predicted octanol–water partition coefficient (Wildman–Crippen LogP) is 1.78. The number of aliphatic hydroxyl groups excluding tert-OH is 2. The highest BCUT2D eigenvalue weighted by Gasteiger charge is 2.76. The van der Waals surface area contributed by atoms with Crippen molar-refractivity contribution in [3.63, 3.8) is 0 Å². The van der Waals surface area contributed by atoms with Crippen LogP contribution >= 0.6 is 0 Å². The molecule has 2 fully saturated rings. The molecule has 2 aromatic rings. The Morgan fingerprint density at radius 3 is 1.90 bits per heavy atom. The lowest BCUT2D eigenvalue weighted by Gasteiger charge is -2.66. The maximum atomic E-state index is 13.1. The van der Waals surface area contributed by atoms with Crippen molar-refractivity contribution in [2.24, 2.45) is 0 Å². The Morgan fingerprint density at radius 1 is 0.824 bits per heavy atom. The molecule has 9 N–H and O–H groups in total. The minimum absolute atomic E-state index is 0.118. The second-order valence-corrected chi connectivity index (χ2v) is 15.3. The lowest BCUT2D eigenvalue weighted by Crippen LogP contribution is -2.85. The third kappa shape index (κ3) is 6.11. The summed E-state index contributed by atoms with van der Waals surface area (Å²) in [7, 11) is 1.40. The summed E-state index contributed by atoms with van der Waals surface area (Å²) in [6.45, 7) is 10.7. The van der Waals surface area contributed by atoms with Gasteiger partial charge in [0.1, 0.15) is 56.9 Å². The number of methoxy groups -OCH3 is 1. The van der Waals surface area contributed by atoms with Gasteiger partial charge in [-0.2, -0.15) is 0 Å². The highest BCUT2D eigenvalue weighted by atomic mass is 16.8. The summed E-state index contributed by atoms with van der Waals surface area (Å²) >= 11 is 0. The Hall–Kier alpha value is -3.25. The average molecular weight is 725 g/mol. The third-order valence-corrected chi connectivity index (χ3v) is 11.6. The minimum atomic E-state index is -2.45. The molecule has 51 heavy (non-hydrogen) atoms. The number of Topliss-reactive ketones (excluding diaryl/α,β-unsaturated/α-hetero) is 1. The zero-order valence-electron chi connectivity index (χ0n) is 30.6. The molecule has 0 amide bonds. The Labute approximate surface area is 296 Å². The second kappa shape index (κ2) is 12.7. The highest BCUT2D eigenvalue weighted by molar-refractivity contribution is 6.01. The summed E-state index contributed by atoms with van der Waals surface area (Å²) in [6.07, 6.45) is -3.83. The molecule has 9 atom stereocenters. The summed E-state index contributed by atoms with van der Waals surface area (Å²) in [5.74, 6) is -4.40. The van der Waals surface area contributed by atoms with Crippen LogP contribution in [0.4, 0.5) is 0 Å². The molecule has 2 aliphatic rings. The molecular formula is C36H52O15. The van der Waals surface area contributed by atoms with Gasteiger partial charge in [0.15, 0.2) is 28.7 Å². The number of ether oxygens (including phenoxy) is 5. The van der Waals surface area contributed by atoms with Gasteiger partial charge < -0.3 is 69.6 Å². The molecule has 2 heterocycles. The quantitative estimate of drug-likeness (QED) is 0.159. The maximum Gasteiger partial charge on any atom is 0.232 e. The maximum absolute atomic E-state index is 13.1. The zero-order chi connectivity index (χ0) is 39.0. The number of carbonyl (C=O) groups is 1. The van der Waals surface area contributed by atoms with Crippen molar-refractivity contribution in [3.05, 3.63) is 41.5 Å². The lowest BCUT2D eigenvalue weighted by atomic mass is 9.63. The Bertz CT molecular complexity index is 1630. The zero-order valence-corrected chi connectivity index (χ0v) is 30.6. The molecule has 0 saturated carbocycles. The molecular weight excluding hydrogens is 672 g/mol. The number of aryl methyl sites for hydroxylation is 1. The van der Waals surface area contributed by atoms with Gasteiger partial charge >= 0.3 is 0 Å². The summed E-state index contributed by atoms with van der Waals surface area (Å²) in [5.41, 5.74) is -14.7. The first-order valence-corrected chi connectivity index (χ1v) is 16.5. The van der Waals surface area contributed by atoms with Gasteiger partial charge in [-0.25, -0.2) is 0 Å². The first kappa shape index (κ1) is 40.5. The normalized spacial score (nSPS) is 39.4. The first-order valence-electron chi connectivity index (χ1n) is 16.5. The molecule has 0 bridgehead atoms. The van der Waals surface area contributed by atoms with Gasteiger partial charge in [-0.15, -0.1) is 0 Å². The fourth-order valence-corrected chi connectivity index (χ4v) is 7.05. The largest absolute Gasteiger partial charge is 0.507 e. The first-order chi connectivity index (χ1) is 23.1. The van der Waals surface area contributed by atoms with Gasteiger partial charge in [0.25, 0.3) is 0 Å². The molecule has 0 spiro atoms. The highest BCUT2D eigenvalue weighted by Crippen LogP contribution is 2.56. The molecule has 4 rings (SSSR count). The number of phenols is 3. The van der Waals surface area contributed by atoms with E-state index in [0.29, 0.717) is 5.56 Å². The van der Waals surface area contributed by atoms with Crippen LogP contribution in [0.1, 0.15) is 84.7 Å². The number of benzene rings is 2. The van der Waals surface area contributed by atoms with Crippen molar-refractivity contribution in [1.82, 2.24) is 0 Å². The Kier molecular flexibility index (Phi) is 10.1. The number of aromatic hydroxyl groups is 3. The predicted molar refractivity (Wildman–Crippen MR) is 180 cm³/mol. The SMILES string of the molecule is COc1ccc(CCC(=O)c2c(O)cc(O[C@@H]3O[C@](C)(CO)[C@@](C)(O)[C@](C)(O)[C@@]3(C)O[C@]3(C)OC(C)(C)[C@](C)(O)[C@@](C)(O)[C@H]3O)cc2O)cc1O. The number of hydrogen-bond acceptors (Lipinski definition) is 15. The van der Waals surface area contributed by atoms with Crippen molar-refractivity contribution in [2.75, 3.05) is 13.7 Å². The molecule has 0 radical (unpaired) electrons. The summed E-state index contributed by atoms with van der Waals surface area (Å²) in [6, 6.07) is 6.63. The van der Waals surface area contributed by atoms with E-state index in [0.717, 1.165) is 12.1 Å². The van der Waals surface area contributed by atoms with E-state index < -0.39 is 86.8 Å². The van der Waals surface area contributed by atoms with Crippen LogP contribution in [0.3, 0.4) is 0 Å². The lowest BCUT2D eigenvalue weighted by molar-refractivity contribution is -0.484. The van der Waals surface area contributed by atoms with Crippen molar-refractivity contribution >= 4 is 5.78 Å². The van der Waals surface area contributed by atoms with Gasteiger partial charge in [-0.05, 0) is 86.4 Å². The van der Waals surface area contributed by atoms with Crippen LogP contribution in [-0.2, 0) is 20.6 Å². The van der Waals surface area contributed by atoms with E-state index in [9.17, 15) is 50.8 Å². The molecule has 0 aromatic heterocycles. The number of rotatable bonds is 10. The smallest absolute Gasteiger partial charge is 0.232 e. The Morgan fingerprint density at radius 2 is 1.39 bits per heavy atom. The van der Waals surface area contributed by atoms with E-state index in [-0.39, 0.29) is 30.1 Å². The van der Waals surface area contributed by atoms with Crippen molar-refractivity contribution < 1.29 is 74.4 Å². The molecule has 15 heteroatoms. The van der Waals surface area contributed by atoms with Crippen molar-refractivity contribution in [3.8, 4) is 28.7 Å². The molecule has 2 aliphatic heterocycles. The van der Waals surface area contributed by atoms with E-state index >= 15 is 0 Å². The number of ketones is 1. The summed E-state index contributed by atoms with van der Waals surface area (Å²) in [5, 5.41) is 100. The van der Waals surface area contributed by atoms with Crippen LogP contribution in [0, 0.1) is 0 Å². The van der Waals surface area contributed by atoms with Crippen LogP contribution in [0.25, 0.3) is 0 Å². The van der Waals surface area contributed by atoms with Gasteiger partial charge in [-0.3, -0.25) is 4.79 Å². The van der Waals surface area contributed by atoms with Crippen molar-refractivity contribution in [2.45, 2.75) is 133 Å². The van der Waals surface area contributed by atoms with Crippen LogP contribution in [0.5, 0.6) is 28.7 Å². The van der Waals surface area contributed by atoms with E-state index in [4.69, 9.17) is 23.7 Å². The van der Waals surface area contributed by atoms with Gasteiger partial charge in [0.05, 0.1) is 19.3 Å². The number of carbonyl (C=O) groups excluding carboxylic acids is 1. The van der Waals surface area contributed by atoms with Gasteiger partial charge in [0.2, 0.25) is 6.29 Å². The van der Waals surface area contributed by atoms with Gasteiger partial charge in [-0.1, -0.05) is 6.07 Å². The molecule has 15 nitrogen and oxygen atoms in total. The van der Waals surface area contributed by atoms with Crippen molar-refractivity contribution in [1.29, 1.82) is 0 Å². The second-order valence-electron chi connectivity index (χ2n) is 15.3. The summed E-state index contributed by atoms with van der Waals surface area (Å²) in [4.78, 5) is 13.1. The number of hydrogen-bond donors (Lipinski definition) is 9. The fraction of sp³-hybridized carbons (Fsp3) is 0.639. The topological polar surface area (TPSA) is 245 Å². The van der Waals surface area contributed by atoms with E-state index in [1.165, 1.54) is 81.6 Å². The molecule has 0 aliphatic carbocycles. The number of phenolic OH excluding ortho intramolecular Hbond substituents is 3. The summed E-state index contributed by atoms with van der Waals surface area (Å²) < 4.78 is 29.7. The standard InChI is InChI=1S/C36H52O15/c1-29(2)34(7,44)31(4,43)27(42)33(6,50-29)51-32(5)28(49-30(3,18-37)35(8,45)36(32,9)46)48-20-16-23(40)26(24(41)17-20)21(38)13-11-19-12-14-25(47-10)22(39)15-19/h12,14-17,27-28,37,39-46H,11,13,18H2,1-10H3/t27-,28-,30-,31+,32+,33+,34+,35-,36-/m1/s1. The van der Waals surface area contributed by atoms with Crippen LogP contribution in [0.15, 0.2) is 30.3 Å². The average Bonchev–Trinajstić information content (AvgIpc) is 3.00. The third-order valence-electron chi connectivity index (χ3n) is 11.6. The Balaban J connectivity index is 1.73. The van der Waals surface area contributed by atoms with E-state index in [2.05, 4.69) is 0 Å². The number of aliphatic hydroxyl groups is 6. The molecule has 2 saturated heterocycles. The molecule has 2 aromatic carbocycles. The van der Waals surface area contributed by atoms with E-state index in [1.54, 1.807) is 6.07 Å². The molecule has 286 valence electrons. The monoisotopic (exact) mass is 724 g/mol. The van der Waals surface area contributed by atoms with E-state index in [1.807, 2.05) is 0 Å². The minimum Gasteiger partial charge on any atom is -0.507 e.